The Morgan fingerprint density at radius 1 is 1.38 bits per heavy atom. The molecule has 5 heteroatoms. The van der Waals surface area contributed by atoms with Gasteiger partial charge in [0.15, 0.2) is 5.84 Å². The van der Waals surface area contributed by atoms with E-state index >= 15 is 0 Å². The molecule has 116 valence electrons. The molecular formula is C16H26N4O. The predicted octanol–water partition coefficient (Wildman–Crippen LogP) is 1.55. The molecule has 0 spiro atoms. The topological polar surface area (TPSA) is 65.1 Å². The molecule has 1 saturated heterocycles. The van der Waals surface area contributed by atoms with E-state index in [-0.39, 0.29) is 5.84 Å². The lowest BCUT2D eigenvalue weighted by molar-refractivity contribution is 0.157. The van der Waals surface area contributed by atoms with Gasteiger partial charge in [-0.3, -0.25) is 4.90 Å². The Morgan fingerprint density at radius 3 is 2.71 bits per heavy atom. The fourth-order valence-corrected chi connectivity index (χ4v) is 2.99. The van der Waals surface area contributed by atoms with E-state index in [1.54, 1.807) is 0 Å². The molecule has 0 unspecified atom stereocenters. The minimum atomic E-state index is 0.168. The highest BCUT2D eigenvalue weighted by atomic mass is 16.4. The number of likely N-dealkylation sites (tertiary alicyclic amines) is 1. The van der Waals surface area contributed by atoms with E-state index < -0.39 is 0 Å². The van der Waals surface area contributed by atoms with E-state index in [0.717, 1.165) is 31.1 Å². The van der Waals surface area contributed by atoms with Crippen LogP contribution < -0.4 is 5.73 Å². The summed E-state index contributed by atoms with van der Waals surface area (Å²) < 4.78 is 0. The smallest absolute Gasteiger partial charge is 0.170 e. The molecule has 1 aromatic carbocycles. The van der Waals surface area contributed by atoms with Gasteiger partial charge in [-0.15, -0.1) is 0 Å². The molecule has 1 heterocycles. The van der Waals surface area contributed by atoms with Gasteiger partial charge in [0.25, 0.3) is 0 Å². The van der Waals surface area contributed by atoms with Crippen LogP contribution in [0.4, 0.5) is 0 Å². The molecule has 2 rings (SSSR count). The highest BCUT2D eigenvalue weighted by molar-refractivity contribution is 5.97. The predicted molar refractivity (Wildman–Crippen MR) is 85.5 cm³/mol. The van der Waals surface area contributed by atoms with Crippen molar-refractivity contribution in [3.63, 3.8) is 0 Å². The minimum Gasteiger partial charge on any atom is -0.409 e. The minimum absolute atomic E-state index is 0.168. The maximum absolute atomic E-state index is 8.75. The Morgan fingerprint density at radius 2 is 2.10 bits per heavy atom. The molecule has 1 aliphatic rings. The van der Waals surface area contributed by atoms with E-state index in [1.165, 1.54) is 24.9 Å². The molecule has 0 bridgehead atoms. The molecule has 0 radical (unpaired) electrons. The first-order valence-corrected chi connectivity index (χ1v) is 7.52. The number of rotatable bonds is 5. The molecule has 0 amide bonds. The summed E-state index contributed by atoms with van der Waals surface area (Å²) in [4.78, 5) is 4.76. The summed E-state index contributed by atoms with van der Waals surface area (Å²) in [5.41, 5.74) is 7.63. The Labute approximate surface area is 127 Å². The Hall–Kier alpha value is -1.59. The molecule has 21 heavy (non-hydrogen) atoms. The number of hydrogen-bond donors (Lipinski definition) is 2. The summed E-state index contributed by atoms with van der Waals surface area (Å²) >= 11 is 0. The largest absolute Gasteiger partial charge is 0.409 e. The molecule has 1 fully saturated rings. The number of piperidine rings is 1. The first kappa shape index (κ1) is 15.8. The molecule has 0 aliphatic carbocycles. The van der Waals surface area contributed by atoms with Gasteiger partial charge >= 0.3 is 0 Å². The van der Waals surface area contributed by atoms with Crippen molar-refractivity contribution in [3.8, 4) is 0 Å². The van der Waals surface area contributed by atoms with Crippen molar-refractivity contribution >= 4 is 5.84 Å². The molecular weight excluding hydrogens is 264 g/mol. The fourth-order valence-electron chi connectivity index (χ4n) is 2.99. The number of benzene rings is 1. The maximum atomic E-state index is 8.75. The van der Waals surface area contributed by atoms with Gasteiger partial charge < -0.3 is 15.8 Å². The highest BCUT2D eigenvalue weighted by Gasteiger charge is 2.19. The van der Waals surface area contributed by atoms with Gasteiger partial charge in [-0.05, 0) is 57.6 Å². The van der Waals surface area contributed by atoms with Crippen molar-refractivity contribution < 1.29 is 5.21 Å². The normalized spacial score (nSPS) is 18.3. The standard InChI is InChI=1S/C16H26N4O/c1-19(2)11-13-6-8-20(9-7-13)12-14-4-3-5-15(10-14)16(17)18-21/h3-5,10,13,21H,6-9,11-12H2,1-2H3,(H2,17,18). The molecule has 1 aliphatic heterocycles. The van der Waals surface area contributed by atoms with Crippen molar-refractivity contribution in [3.05, 3.63) is 35.4 Å². The van der Waals surface area contributed by atoms with Gasteiger partial charge in [-0.2, -0.15) is 0 Å². The average molecular weight is 290 g/mol. The average Bonchev–Trinajstić information content (AvgIpc) is 2.48. The number of oxime groups is 1. The first-order chi connectivity index (χ1) is 10.1. The van der Waals surface area contributed by atoms with Crippen LogP contribution in [0, 0.1) is 5.92 Å². The van der Waals surface area contributed by atoms with E-state index in [4.69, 9.17) is 10.9 Å². The van der Waals surface area contributed by atoms with Gasteiger partial charge in [-0.25, -0.2) is 0 Å². The van der Waals surface area contributed by atoms with E-state index in [9.17, 15) is 0 Å². The van der Waals surface area contributed by atoms with Crippen molar-refractivity contribution in [2.24, 2.45) is 16.8 Å². The second-order valence-electron chi connectivity index (χ2n) is 6.17. The molecule has 0 aromatic heterocycles. The fraction of sp³-hybridized carbons (Fsp3) is 0.562. The number of nitrogens with zero attached hydrogens (tertiary/aromatic N) is 3. The molecule has 0 saturated carbocycles. The lowest BCUT2D eigenvalue weighted by Crippen LogP contribution is -2.36. The van der Waals surface area contributed by atoms with Gasteiger partial charge in [0.1, 0.15) is 0 Å². The van der Waals surface area contributed by atoms with Crippen LogP contribution in [0.15, 0.2) is 29.4 Å². The summed E-state index contributed by atoms with van der Waals surface area (Å²) in [6, 6.07) is 7.92. The Kier molecular flexibility index (Phi) is 5.59. The summed E-state index contributed by atoms with van der Waals surface area (Å²) in [7, 11) is 4.29. The van der Waals surface area contributed by atoms with Crippen LogP contribution in [0.3, 0.4) is 0 Å². The van der Waals surface area contributed by atoms with Crippen molar-refractivity contribution in [1.29, 1.82) is 0 Å². The molecule has 1 aromatic rings. The van der Waals surface area contributed by atoms with Gasteiger partial charge in [0, 0.05) is 18.7 Å². The third kappa shape index (κ3) is 4.72. The zero-order chi connectivity index (χ0) is 15.2. The van der Waals surface area contributed by atoms with Crippen LogP contribution in [0.1, 0.15) is 24.0 Å². The second kappa shape index (κ2) is 7.43. The lowest BCUT2D eigenvalue weighted by Gasteiger charge is -2.33. The van der Waals surface area contributed by atoms with Crippen LogP contribution in [-0.4, -0.2) is 54.6 Å². The van der Waals surface area contributed by atoms with E-state index in [1.807, 2.05) is 18.2 Å². The Bertz CT molecular complexity index is 479. The summed E-state index contributed by atoms with van der Waals surface area (Å²) in [5.74, 6) is 0.987. The highest BCUT2D eigenvalue weighted by Crippen LogP contribution is 2.19. The summed E-state index contributed by atoms with van der Waals surface area (Å²) in [6.45, 7) is 4.41. The van der Waals surface area contributed by atoms with Gasteiger partial charge in [0.2, 0.25) is 0 Å². The zero-order valence-corrected chi connectivity index (χ0v) is 13.0. The van der Waals surface area contributed by atoms with Crippen LogP contribution in [0.2, 0.25) is 0 Å². The molecule has 0 atom stereocenters. The molecule has 3 N–H and O–H groups in total. The van der Waals surface area contributed by atoms with Crippen molar-refractivity contribution in [2.45, 2.75) is 19.4 Å². The monoisotopic (exact) mass is 290 g/mol. The Balaban J connectivity index is 1.89. The number of amidine groups is 1. The summed E-state index contributed by atoms with van der Waals surface area (Å²) in [6.07, 6.45) is 2.52. The van der Waals surface area contributed by atoms with Crippen LogP contribution in [0.25, 0.3) is 0 Å². The third-order valence-electron chi connectivity index (χ3n) is 4.07. The first-order valence-electron chi connectivity index (χ1n) is 7.52. The SMILES string of the molecule is CN(C)CC1CCN(Cc2cccc(C(N)=NO)c2)CC1. The second-order valence-corrected chi connectivity index (χ2v) is 6.17. The van der Waals surface area contributed by atoms with Crippen LogP contribution in [0.5, 0.6) is 0 Å². The third-order valence-corrected chi connectivity index (χ3v) is 4.07. The van der Waals surface area contributed by atoms with Gasteiger partial charge in [0.05, 0.1) is 0 Å². The quantitative estimate of drug-likeness (QED) is 0.374. The van der Waals surface area contributed by atoms with Crippen molar-refractivity contribution in [2.75, 3.05) is 33.7 Å². The van der Waals surface area contributed by atoms with E-state index in [2.05, 4.69) is 35.1 Å². The number of nitrogens with two attached hydrogens (primary N) is 1. The number of hydrogen-bond acceptors (Lipinski definition) is 4. The van der Waals surface area contributed by atoms with Gasteiger partial charge in [-0.1, -0.05) is 23.4 Å². The summed E-state index contributed by atoms with van der Waals surface area (Å²) in [5, 5.41) is 11.8. The maximum Gasteiger partial charge on any atom is 0.170 e. The van der Waals surface area contributed by atoms with Crippen molar-refractivity contribution in [1.82, 2.24) is 9.80 Å². The lowest BCUT2D eigenvalue weighted by atomic mass is 9.96. The van der Waals surface area contributed by atoms with Crippen LogP contribution in [-0.2, 0) is 6.54 Å². The van der Waals surface area contributed by atoms with E-state index in [0.29, 0.717) is 0 Å². The zero-order valence-electron chi connectivity index (χ0n) is 13.0. The molecule has 5 nitrogen and oxygen atoms in total. The van der Waals surface area contributed by atoms with Crippen LogP contribution >= 0.6 is 0 Å².